The van der Waals surface area contributed by atoms with Gasteiger partial charge in [-0.15, -0.1) is 11.8 Å². The Balaban J connectivity index is 2.17. The van der Waals surface area contributed by atoms with Crippen LogP contribution in [0.5, 0.6) is 0 Å². The number of benzene rings is 1. The lowest BCUT2D eigenvalue weighted by atomic mass is 10.2. The fourth-order valence-electron chi connectivity index (χ4n) is 1.84. The predicted molar refractivity (Wildman–Crippen MR) is 77.6 cm³/mol. The van der Waals surface area contributed by atoms with Crippen LogP contribution >= 0.6 is 11.8 Å². The van der Waals surface area contributed by atoms with Crippen molar-refractivity contribution in [1.29, 1.82) is 0 Å². The first-order valence-corrected chi connectivity index (χ1v) is 6.97. The van der Waals surface area contributed by atoms with Gasteiger partial charge < -0.3 is 15.5 Å². The minimum atomic E-state index is -0.00892. The molecule has 2 N–H and O–H groups in total. The number of carbonyl (C=O) groups is 1. The Morgan fingerprint density at radius 1 is 1.50 bits per heavy atom. The Labute approximate surface area is 112 Å². The highest BCUT2D eigenvalue weighted by molar-refractivity contribution is 8.00. The summed E-state index contributed by atoms with van der Waals surface area (Å²) in [6, 6.07) is 6.23. The van der Waals surface area contributed by atoms with E-state index in [4.69, 9.17) is 0 Å². The van der Waals surface area contributed by atoms with Gasteiger partial charge in [-0.1, -0.05) is 0 Å². The van der Waals surface area contributed by atoms with Crippen LogP contribution in [-0.4, -0.2) is 38.3 Å². The van der Waals surface area contributed by atoms with Gasteiger partial charge in [0.1, 0.15) is 0 Å². The number of anilines is 2. The number of amides is 1. The van der Waals surface area contributed by atoms with Crippen molar-refractivity contribution in [3.63, 3.8) is 0 Å². The summed E-state index contributed by atoms with van der Waals surface area (Å²) in [6.07, 6.45) is 0. The fraction of sp³-hybridized carbons (Fsp3) is 0.462. The lowest BCUT2D eigenvalue weighted by Crippen LogP contribution is -2.28. The smallest absolute Gasteiger partial charge is 0.237 e. The van der Waals surface area contributed by atoms with Gasteiger partial charge >= 0.3 is 0 Å². The van der Waals surface area contributed by atoms with Crippen LogP contribution in [0.1, 0.15) is 6.92 Å². The van der Waals surface area contributed by atoms with E-state index in [-0.39, 0.29) is 11.2 Å². The van der Waals surface area contributed by atoms with Gasteiger partial charge in [-0.05, 0) is 32.2 Å². The standard InChI is InChI=1S/C13H19N3OS/c1-9-13(17)15-11-8-10(4-5-12(11)18-9)16(3)7-6-14-2/h4-5,8-9,14H,6-7H2,1-3H3,(H,15,17). The minimum absolute atomic E-state index is 0.00892. The fourth-order valence-corrected chi connectivity index (χ4v) is 2.77. The van der Waals surface area contributed by atoms with E-state index in [1.54, 1.807) is 11.8 Å². The van der Waals surface area contributed by atoms with E-state index in [2.05, 4.69) is 34.7 Å². The van der Waals surface area contributed by atoms with Gasteiger partial charge in [-0.25, -0.2) is 0 Å². The maximum absolute atomic E-state index is 11.7. The van der Waals surface area contributed by atoms with Crippen LogP contribution < -0.4 is 15.5 Å². The first-order valence-electron chi connectivity index (χ1n) is 6.09. The molecule has 0 aromatic heterocycles. The first kappa shape index (κ1) is 13.2. The number of carbonyl (C=O) groups excluding carboxylic acids is 1. The summed E-state index contributed by atoms with van der Waals surface area (Å²) in [6.45, 7) is 3.80. The number of likely N-dealkylation sites (N-methyl/N-ethyl adjacent to an activating group) is 2. The molecule has 0 aliphatic carbocycles. The topological polar surface area (TPSA) is 44.4 Å². The molecular weight excluding hydrogens is 246 g/mol. The van der Waals surface area contributed by atoms with Crippen molar-refractivity contribution in [1.82, 2.24) is 5.32 Å². The van der Waals surface area contributed by atoms with Crippen LogP contribution in [0.4, 0.5) is 11.4 Å². The molecule has 1 aromatic rings. The highest BCUT2D eigenvalue weighted by atomic mass is 32.2. The number of rotatable bonds is 4. The molecule has 0 bridgehead atoms. The highest BCUT2D eigenvalue weighted by Crippen LogP contribution is 2.37. The Bertz CT molecular complexity index is 450. The van der Waals surface area contributed by atoms with Gasteiger partial charge in [0.05, 0.1) is 10.9 Å². The van der Waals surface area contributed by atoms with E-state index in [1.165, 1.54) is 0 Å². The third kappa shape index (κ3) is 2.79. The zero-order chi connectivity index (χ0) is 13.1. The van der Waals surface area contributed by atoms with Gasteiger partial charge in [0.15, 0.2) is 0 Å². The van der Waals surface area contributed by atoms with E-state index in [0.717, 1.165) is 29.4 Å². The van der Waals surface area contributed by atoms with Gasteiger partial charge in [0.25, 0.3) is 0 Å². The second-order valence-electron chi connectivity index (χ2n) is 4.45. The van der Waals surface area contributed by atoms with Crippen molar-refractivity contribution in [2.24, 2.45) is 0 Å². The van der Waals surface area contributed by atoms with E-state index in [1.807, 2.05) is 20.0 Å². The molecular formula is C13H19N3OS. The summed E-state index contributed by atoms with van der Waals surface area (Å²) in [5.74, 6) is 0.0857. The molecule has 0 spiro atoms. The molecule has 2 rings (SSSR count). The number of nitrogens with one attached hydrogen (secondary N) is 2. The first-order chi connectivity index (χ1) is 8.61. The molecule has 1 heterocycles. The van der Waals surface area contributed by atoms with Crippen molar-refractivity contribution < 1.29 is 4.79 Å². The predicted octanol–water partition coefficient (Wildman–Crippen LogP) is 1.77. The lowest BCUT2D eigenvalue weighted by Gasteiger charge is -2.25. The summed E-state index contributed by atoms with van der Waals surface area (Å²) in [7, 11) is 4.00. The number of nitrogens with zero attached hydrogens (tertiary/aromatic N) is 1. The highest BCUT2D eigenvalue weighted by Gasteiger charge is 2.23. The van der Waals surface area contributed by atoms with Gasteiger partial charge in [-0.3, -0.25) is 4.79 Å². The molecule has 0 fully saturated rings. The van der Waals surface area contributed by atoms with Gasteiger partial charge in [0.2, 0.25) is 5.91 Å². The molecule has 1 atom stereocenters. The zero-order valence-electron chi connectivity index (χ0n) is 11.0. The van der Waals surface area contributed by atoms with Crippen molar-refractivity contribution in [2.75, 3.05) is 37.4 Å². The van der Waals surface area contributed by atoms with Crippen LogP contribution in [0.15, 0.2) is 23.1 Å². The monoisotopic (exact) mass is 265 g/mol. The Morgan fingerprint density at radius 2 is 2.28 bits per heavy atom. The van der Waals surface area contributed by atoms with E-state index >= 15 is 0 Å². The Hall–Kier alpha value is -1.20. The van der Waals surface area contributed by atoms with Crippen LogP contribution in [0, 0.1) is 0 Å². The van der Waals surface area contributed by atoms with Crippen molar-refractivity contribution in [3.05, 3.63) is 18.2 Å². The van der Waals surface area contributed by atoms with Crippen LogP contribution in [0.3, 0.4) is 0 Å². The van der Waals surface area contributed by atoms with Crippen LogP contribution in [0.2, 0.25) is 0 Å². The van der Waals surface area contributed by atoms with E-state index in [0.29, 0.717) is 0 Å². The second kappa shape index (κ2) is 5.63. The van der Waals surface area contributed by atoms with Gasteiger partial charge in [-0.2, -0.15) is 0 Å². The summed E-state index contributed by atoms with van der Waals surface area (Å²) >= 11 is 1.62. The molecule has 98 valence electrons. The maximum Gasteiger partial charge on any atom is 0.237 e. The Kier molecular flexibility index (Phi) is 4.14. The third-order valence-electron chi connectivity index (χ3n) is 3.03. The van der Waals surface area contributed by atoms with Crippen molar-refractivity contribution in [3.8, 4) is 0 Å². The summed E-state index contributed by atoms with van der Waals surface area (Å²) in [5.41, 5.74) is 2.05. The molecule has 4 nitrogen and oxygen atoms in total. The molecule has 1 aliphatic rings. The van der Waals surface area contributed by atoms with E-state index < -0.39 is 0 Å². The van der Waals surface area contributed by atoms with Crippen molar-refractivity contribution in [2.45, 2.75) is 17.1 Å². The number of hydrogen-bond acceptors (Lipinski definition) is 4. The average Bonchev–Trinajstić information content (AvgIpc) is 2.36. The molecule has 0 saturated heterocycles. The SMILES string of the molecule is CNCCN(C)c1ccc2c(c1)NC(=O)C(C)S2. The summed E-state index contributed by atoms with van der Waals surface area (Å²) in [4.78, 5) is 15.0. The quantitative estimate of drug-likeness (QED) is 0.871. The maximum atomic E-state index is 11.7. The lowest BCUT2D eigenvalue weighted by molar-refractivity contribution is -0.115. The molecule has 1 aromatic carbocycles. The molecule has 1 amide bonds. The van der Waals surface area contributed by atoms with Gasteiger partial charge in [0, 0.05) is 30.7 Å². The van der Waals surface area contributed by atoms with Crippen LogP contribution in [0.25, 0.3) is 0 Å². The number of thioether (sulfide) groups is 1. The van der Waals surface area contributed by atoms with E-state index in [9.17, 15) is 4.79 Å². The molecule has 0 saturated carbocycles. The number of fused-ring (bicyclic) bond motifs is 1. The zero-order valence-corrected chi connectivity index (χ0v) is 11.8. The summed E-state index contributed by atoms with van der Waals surface area (Å²) in [5, 5.41) is 6.08. The van der Waals surface area contributed by atoms with Crippen LogP contribution in [-0.2, 0) is 4.79 Å². The molecule has 5 heteroatoms. The number of hydrogen-bond donors (Lipinski definition) is 2. The molecule has 1 unspecified atom stereocenters. The average molecular weight is 265 g/mol. The Morgan fingerprint density at radius 3 is 3.00 bits per heavy atom. The molecule has 0 radical (unpaired) electrons. The third-order valence-corrected chi connectivity index (χ3v) is 4.21. The largest absolute Gasteiger partial charge is 0.373 e. The normalized spacial score (nSPS) is 18.2. The molecule has 18 heavy (non-hydrogen) atoms. The molecule has 1 aliphatic heterocycles. The second-order valence-corrected chi connectivity index (χ2v) is 5.84. The minimum Gasteiger partial charge on any atom is -0.373 e. The van der Waals surface area contributed by atoms with Crippen molar-refractivity contribution >= 4 is 29.0 Å². The summed E-state index contributed by atoms with van der Waals surface area (Å²) < 4.78 is 0.